The Morgan fingerprint density at radius 1 is 1.60 bits per heavy atom. The fourth-order valence-electron chi connectivity index (χ4n) is 0.410. The third kappa shape index (κ3) is 1.09. The molecular weight excluding hydrogens is 167 g/mol. The smallest absolute Gasteiger partial charge is 0.319 e. The molecule has 1 fully saturated rings. The molecule has 10 heavy (non-hydrogen) atoms. The Hall–Kier alpha value is -0.690. The second kappa shape index (κ2) is 1.67. The molecule has 0 amide bonds. The summed E-state index contributed by atoms with van der Waals surface area (Å²) in [4.78, 5) is 10.2. The molecule has 0 aromatic rings. The highest BCUT2D eigenvalue weighted by atomic mass is 32.3. The highest BCUT2D eigenvalue weighted by Gasteiger charge is 2.51. The molecule has 0 spiro atoms. The maximum absolute atomic E-state index is 12.4. The van der Waals surface area contributed by atoms with E-state index in [0.717, 1.165) is 0 Å². The summed E-state index contributed by atoms with van der Waals surface area (Å²) < 4.78 is 39.8. The molecule has 0 aliphatic carbocycles. The van der Waals surface area contributed by atoms with Gasteiger partial charge in [-0.15, -0.1) is 0 Å². The molecule has 1 heterocycles. The average Bonchev–Trinajstić information content (AvgIpc) is 1.73. The highest BCUT2D eigenvalue weighted by Crippen LogP contribution is 2.26. The van der Waals surface area contributed by atoms with Gasteiger partial charge in [-0.25, -0.2) is 4.79 Å². The lowest BCUT2D eigenvalue weighted by Crippen LogP contribution is -2.25. The highest BCUT2D eigenvalue weighted by molar-refractivity contribution is 7.82. The summed E-state index contributed by atoms with van der Waals surface area (Å²) in [6.07, 6.45) is 0. The van der Waals surface area contributed by atoms with Gasteiger partial charge in [0.15, 0.2) is 0 Å². The van der Waals surface area contributed by atoms with Crippen molar-refractivity contribution in [3.63, 3.8) is 0 Å². The predicted octanol–water partition coefficient (Wildman–Crippen LogP) is -0.510. The van der Waals surface area contributed by atoms with Crippen molar-refractivity contribution in [2.45, 2.75) is 12.8 Å². The summed E-state index contributed by atoms with van der Waals surface area (Å²) in [7, 11) is -4.43. The van der Waals surface area contributed by atoms with E-state index >= 15 is 0 Å². The van der Waals surface area contributed by atoms with Gasteiger partial charge in [-0.05, 0) is 0 Å². The maximum Gasteiger partial charge on any atom is 0.455 e. The third-order valence-electron chi connectivity index (χ3n) is 0.801. The summed E-state index contributed by atoms with van der Waals surface area (Å²) >= 11 is 0. The molecule has 1 saturated heterocycles. The summed E-state index contributed by atoms with van der Waals surface area (Å²) in [6.45, 7) is 0.653. The molecule has 1 aliphatic rings. The van der Waals surface area contributed by atoms with E-state index in [-0.39, 0.29) is 0 Å². The molecule has 0 aromatic carbocycles. The molecule has 1 unspecified atom stereocenters. The zero-order valence-electron chi connectivity index (χ0n) is 4.83. The van der Waals surface area contributed by atoms with E-state index in [0.29, 0.717) is 6.92 Å². The van der Waals surface area contributed by atoms with Crippen LogP contribution in [0.5, 0.6) is 0 Å². The van der Waals surface area contributed by atoms with Gasteiger partial charge in [0.2, 0.25) is 0 Å². The Kier molecular flexibility index (Phi) is 1.24. The van der Waals surface area contributed by atoms with Crippen LogP contribution in [0.1, 0.15) is 6.92 Å². The van der Waals surface area contributed by atoms with Gasteiger partial charge in [-0.2, -0.15) is 17.0 Å². The lowest BCUT2D eigenvalue weighted by molar-refractivity contribution is -0.154. The third-order valence-corrected chi connectivity index (χ3v) is 1.67. The number of rotatable bonds is 0. The molecule has 1 aliphatic heterocycles. The number of halogens is 1. The Labute approximate surface area is 56.1 Å². The van der Waals surface area contributed by atoms with Crippen molar-refractivity contribution >= 4 is 16.4 Å². The van der Waals surface area contributed by atoms with E-state index in [4.69, 9.17) is 0 Å². The van der Waals surface area contributed by atoms with Crippen LogP contribution in [0.2, 0.25) is 0 Å². The Morgan fingerprint density at radius 3 is 2.20 bits per heavy atom. The second-order valence-electron chi connectivity index (χ2n) is 1.78. The molecule has 58 valence electrons. The van der Waals surface area contributed by atoms with Crippen LogP contribution in [-0.4, -0.2) is 20.2 Å². The van der Waals surface area contributed by atoms with Crippen molar-refractivity contribution in [3.8, 4) is 0 Å². The second-order valence-corrected chi connectivity index (χ2v) is 2.93. The van der Waals surface area contributed by atoms with Gasteiger partial charge < -0.3 is 4.18 Å². The molecule has 0 bridgehead atoms. The quantitative estimate of drug-likeness (QED) is 0.489. The lowest BCUT2D eigenvalue weighted by atomic mass is 10.4. The van der Waals surface area contributed by atoms with Gasteiger partial charge in [-0.1, -0.05) is 0 Å². The molecule has 0 radical (unpaired) electrons. The summed E-state index contributed by atoms with van der Waals surface area (Å²) in [6, 6.07) is 0. The van der Waals surface area contributed by atoms with E-state index in [2.05, 4.69) is 8.37 Å². The molecule has 0 aromatic heterocycles. The van der Waals surface area contributed by atoms with Crippen molar-refractivity contribution < 1.29 is 26.0 Å². The normalized spacial score (nSPS) is 37.6. The molecule has 1 rings (SSSR count). The fraction of sp³-hybridized carbons (Fsp3) is 0.667. The van der Waals surface area contributed by atoms with E-state index in [9.17, 15) is 17.6 Å². The first kappa shape index (κ1) is 7.42. The minimum absolute atomic E-state index is 0.653. The number of carbonyl (C=O) groups is 1. The first-order valence-electron chi connectivity index (χ1n) is 2.22. The average molecular weight is 170 g/mol. The van der Waals surface area contributed by atoms with Gasteiger partial charge in [0.05, 0.1) is 0 Å². The minimum Gasteiger partial charge on any atom is -0.319 e. The standard InChI is InChI=1S/C3H3FO5S/c1-3(4)2(5)8-10(6,7)9-3/h1H3. The van der Waals surface area contributed by atoms with Crippen molar-refractivity contribution in [2.24, 2.45) is 0 Å². The fourth-order valence-corrected chi connectivity index (χ4v) is 1.23. The number of hydrogen-bond donors (Lipinski definition) is 0. The van der Waals surface area contributed by atoms with Crippen LogP contribution in [0, 0.1) is 0 Å². The molecule has 5 nitrogen and oxygen atoms in total. The Balaban J connectivity index is 3.03. The Bertz CT molecular complexity index is 265. The topological polar surface area (TPSA) is 69.7 Å². The zero-order chi connectivity index (χ0) is 7.99. The minimum atomic E-state index is -4.43. The van der Waals surface area contributed by atoms with Crippen molar-refractivity contribution in [2.75, 3.05) is 0 Å². The Morgan fingerprint density at radius 2 is 2.10 bits per heavy atom. The van der Waals surface area contributed by atoms with Crippen LogP contribution in [-0.2, 0) is 23.6 Å². The van der Waals surface area contributed by atoms with Gasteiger partial charge in [0.25, 0.3) is 0 Å². The van der Waals surface area contributed by atoms with Crippen molar-refractivity contribution in [1.82, 2.24) is 0 Å². The van der Waals surface area contributed by atoms with Crippen LogP contribution >= 0.6 is 0 Å². The SMILES string of the molecule is CC1(F)OS(=O)(=O)OC1=O. The largest absolute Gasteiger partial charge is 0.455 e. The predicted molar refractivity (Wildman–Crippen MR) is 25.6 cm³/mol. The van der Waals surface area contributed by atoms with Crippen LogP contribution in [0.3, 0.4) is 0 Å². The summed E-state index contributed by atoms with van der Waals surface area (Å²) in [5.41, 5.74) is 0. The molecule has 0 N–H and O–H groups in total. The number of alkyl halides is 1. The lowest BCUT2D eigenvalue weighted by Gasteiger charge is -1.99. The first-order valence-corrected chi connectivity index (χ1v) is 3.55. The van der Waals surface area contributed by atoms with E-state index in [1.807, 2.05) is 0 Å². The molecule has 1 atom stereocenters. The number of hydrogen-bond acceptors (Lipinski definition) is 5. The van der Waals surface area contributed by atoms with E-state index in [1.165, 1.54) is 0 Å². The summed E-state index contributed by atoms with van der Waals surface area (Å²) in [5, 5.41) is 0. The maximum atomic E-state index is 12.4. The van der Waals surface area contributed by atoms with E-state index < -0.39 is 22.2 Å². The summed E-state index contributed by atoms with van der Waals surface area (Å²) in [5.74, 6) is -4.41. The van der Waals surface area contributed by atoms with E-state index in [1.54, 1.807) is 0 Å². The van der Waals surface area contributed by atoms with Crippen molar-refractivity contribution in [3.05, 3.63) is 0 Å². The van der Waals surface area contributed by atoms with Gasteiger partial charge >= 0.3 is 22.2 Å². The van der Waals surface area contributed by atoms with Gasteiger partial charge in [0, 0.05) is 6.92 Å². The van der Waals surface area contributed by atoms with Crippen LogP contribution < -0.4 is 0 Å². The van der Waals surface area contributed by atoms with Crippen LogP contribution in [0.4, 0.5) is 4.39 Å². The molecule has 0 saturated carbocycles. The first-order chi connectivity index (χ1) is 4.33. The van der Waals surface area contributed by atoms with Crippen LogP contribution in [0.25, 0.3) is 0 Å². The monoisotopic (exact) mass is 170 g/mol. The molecule has 7 heteroatoms. The van der Waals surface area contributed by atoms with Gasteiger partial charge in [-0.3, -0.25) is 0 Å². The molecular formula is C3H3FO5S. The van der Waals surface area contributed by atoms with Crippen molar-refractivity contribution in [1.29, 1.82) is 0 Å². The van der Waals surface area contributed by atoms with Gasteiger partial charge in [0.1, 0.15) is 0 Å². The van der Waals surface area contributed by atoms with Crippen LogP contribution in [0.15, 0.2) is 0 Å². The number of carbonyl (C=O) groups excluding carboxylic acids is 1. The zero-order valence-corrected chi connectivity index (χ0v) is 5.64.